The molecule has 1 atom stereocenters. The highest BCUT2D eigenvalue weighted by molar-refractivity contribution is 6.74. The Morgan fingerprint density at radius 3 is 2.31 bits per heavy atom. The number of aromatic hydroxyl groups is 1. The van der Waals surface area contributed by atoms with E-state index in [-0.39, 0.29) is 34.9 Å². The van der Waals surface area contributed by atoms with Crippen LogP contribution in [0.3, 0.4) is 0 Å². The molecule has 1 amide bonds. The number of halogens is 1. The molecule has 3 aromatic carbocycles. The SMILES string of the molecule is CC(C)(Cc1cccc(C(=O)NCCc2ccc(Cl)cc2)c1)NC[C@H](O[Si](C)(C)C(C)(C)C)c1ccc(O)c(CO)c1. The third-order valence-corrected chi connectivity index (χ3v) is 12.8. The van der Waals surface area contributed by atoms with Crippen LogP contribution in [-0.2, 0) is 23.9 Å². The third kappa shape index (κ3) is 9.68. The zero-order chi connectivity index (χ0) is 31.1. The van der Waals surface area contributed by atoms with Gasteiger partial charge in [-0.25, -0.2) is 0 Å². The number of aliphatic hydroxyl groups excluding tert-OH is 1. The summed E-state index contributed by atoms with van der Waals surface area (Å²) in [5.74, 6) is -0.0130. The molecule has 0 fully saturated rings. The minimum absolute atomic E-state index is 0.0212. The minimum atomic E-state index is -2.13. The van der Waals surface area contributed by atoms with E-state index in [9.17, 15) is 15.0 Å². The van der Waals surface area contributed by atoms with Gasteiger partial charge in [-0.2, -0.15) is 0 Å². The molecule has 0 spiro atoms. The molecule has 0 saturated heterocycles. The third-order valence-electron chi connectivity index (χ3n) is 8.10. The number of phenols is 1. The number of hydrogen-bond donors (Lipinski definition) is 4. The van der Waals surface area contributed by atoms with Crippen LogP contribution < -0.4 is 10.6 Å². The maximum absolute atomic E-state index is 12.9. The van der Waals surface area contributed by atoms with Crippen LogP contribution in [0.2, 0.25) is 23.2 Å². The lowest BCUT2D eigenvalue weighted by Gasteiger charge is -2.40. The van der Waals surface area contributed by atoms with Gasteiger partial charge in [0.1, 0.15) is 5.75 Å². The first-order chi connectivity index (χ1) is 19.6. The van der Waals surface area contributed by atoms with Crippen molar-refractivity contribution in [1.29, 1.82) is 0 Å². The molecule has 0 aliphatic rings. The summed E-state index contributed by atoms with van der Waals surface area (Å²) in [6.45, 7) is 16.2. The minimum Gasteiger partial charge on any atom is -0.508 e. The Morgan fingerprint density at radius 2 is 1.67 bits per heavy atom. The van der Waals surface area contributed by atoms with Gasteiger partial charge < -0.3 is 25.3 Å². The second-order valence-electron chi connectivity index (χ2n) is 13.2. The summed E-state index contributed by atoms with van der Waals surface area (Å²) in [4.78, 5) is 12.9. The van der Waals surface area contributed by atoms with Crippen molar-refractivity contribution in [3.05, 3.63) is 99.6 Å². The molecular formula is C34H47ClN2O4Si. The van der Waals surface area contributed by atoms with Gasteiger partial charge in [-0.1, -0.05) is 62.7 Å². The normalized spacial score (nSPS) is 13.2. The highest BCUT2D eigenvalue weighted by Crippen LogP contribution is 2.40. The Labute approximate surface area is 257 Å². The van der Waals surface area contributed by atoms with Crippen LogP contribution in [-0.4, -0.2) is 43.1 Å². The van der Waals surface area contributed by atoms with E-state index in [0.29, 0.717) is 35.7 Å². The zero-order valence-electron chi connectivity index (χ0n) is 26.1. The van der Waals surface area contributed by atoms with Gasteiger partial charge in [-0.3, -0.25) is 4.79 Å². The molecule has 3 aromatic rings. The second kappa shape index (κ2) is 14.2. The molecule has 4 N–H and O–H groups in total. The van der Waals surface area contributed by atoms with E-state index in [4.69, 9.17) is 16.0 Å². The number of nitrogens with one attached hydrogen (secondary N) is 2. The van der Waals surface area contributed by atoms with Gasteiger partial charge in [-0.15, -0.1) is 0 Å². The average Bonchev–Trinajstić information content (AvgIpc) is 2.91. The molecule has 0 radical (unpaired) electrons. The highest BCUT2D eigenvalue weighted by atomic mass is 35.5. The number of carbonyl (C=O) groups is 1. The Bertz CT molecular complexity index is 1340. The molecule has 0 bridgehead atoms. The first-order valence-electron chi connectivity index (χ1n) is 14.6. The molecule has 228 valence electrons. The summed E-state index contributed by atoms with van der Waals surface area (Å²) in [6.07, 6.45) is 1.19. The molecule has 0 aliphatic heterocycles. The fourth-order valence-electron chi connectivity index (χ4n) is 4.53. The van der Waals surface area contributed by atoms with E-state index in [0.717, 1.165) is 23.1 Å². The number of amides is 1. The smallest absolute Gasteiger partial charge is 0.251 e. The molecular weight excluding hydrogens is 564 g/mol. The summed E-state index contributed by atoms with van der Waals surface area (Å²) < 4.78 is 6.85. The Morgan fingerprint density at radius 1 is 0.976 bits per heavy atom. The van der Waals surface area contributed by atoms with Crippen LogP contribution in [0.25, 0.3) is 0 Å². The van der Waals surface area contributed by atoms with Crippen molar-refractivity contribution in [3.8, 4) is 5.75 Å². The van der Waals surface area contributed by atoms with Gasteiger partial charge in [0.25, 0.3) is 5.91 Å². The van der Waals surface area contributed by atoms with E-state index in [1.54, 1.807) is 6.07 Å². The molecule has 6 nitrogen and oxygen atoms in total. The maximum atomic E-state index is 12.9. The Hall–Kier alpha value is -2.68. The van der Waals surface area contributed by atoms with Gasteiger partial charge in [0.15, 0.2) is 8.32 Å². The first-order valence-corrected chi connectivity index (χ1v) is 17.9. The summed E-state index contributed by atoms with van der Waals surface area (Å²) in [5, 5.41) is 27.3. The van der Waals surface area contributed by atoms with E-state index < -0.39 is 8.32 Å². The van der Waals surface area contributed by atoms with E-state index in [2.05, 4.69) is 58.3 Å². The topological polar surface area (TPSA) is 90.8 Å². The summed E-state index contributed by atoms with van der Waals surface area (Å²) >= 11 is 5.96. The number of benzene rings is 3. The monoisotopic (exact) mass is 610 g/mol. The Balaban J connectivity index is 1.68. The summed E-state index contributed by atoms with van der Waals surface area (Å²) in [5.41, 5.74) is 3.93. The van der Waals surface area contributed by atoms with E-state index >= 15 is 0 Å². The lowest BCUT2D eigenvalue weighted by Crippen LogP contribution is -2.47. The van der Waals surface area contributed by atoms with E-state index in [1.807, 2.05) is 60.7 Å². The molecule has 8 heteroatoms. The van der Waals surface area contributed by atoms with Gasteiger partial charge >= 0.3 is 0 Å². The van der Waals surface area contributed by atoms with Crippen LogP contribution in [0.4, 0.5) is 0 Å². The van der Waals surface area contributed by atoms with Crippen molar-refractivity contribution in [2.24, 2.45) is 0 Å². The molecule has 0 aliphatic carbocycles. The van der Waals surface area contributed by atoms with Gasteiger partial charge in [0.2, 0.25) is 0 Å². The predicted molar refractivity (Wildman–Crippen MR) is 175 cm³/mol. The van der Waals surface area contributed by atoms with Crippen LogP contribution in [0.15, 0.2) is 66.7 Å². The predicted octanol–water partition coefficient (Wildman–Crippen LogP) is 7.18. The standard InChI is InChI=1S/C34H47ClN2O4Si/c1-33(2,3)42(6,7)41-31(26-13-16-30(39)28(20-26)23-38)22-37-34(4,5)21-25-9-8-10-27(19-25)32(40)36-18-17-24-11-14-29(35)15-12-24/h8-16,19-20,31,37-39H,17-18,21-23H2,1-7H3,(H,36,40)/t31-/m0/s1. The molecule has 0 heterocycles. The van der Waals surface area contributed by atoms with E-state index in [1.165, 1.54) is 0 Å². The fraction of sp³-hybridized carbons (Fsp3) is 0.441. The fourth-order valence-corrected chi connectivity index (χ4v) is 5.94. The quantitative estimate of drug-likeness (QED) is 0.154. The molecule has 3 rings (SSSR count). The van der Waals surface area contributed by atoms with Crippen LogP contribution in [0.5, 0.6) is 5.75 Å². The summed E-state index contributed by atoms with van der Waals surface area (Å²) in [6, 6.07) is 20.8. The first kappa shape index (κ1) is 33.8. The summed E-state index contributed by atoms with van der Waals surface area (Å²) in [7, 11) is -2.13. The Kier molecular flexibility index (Phi) is 11.4. The van der Waals surface area contributed by atoms with Crippen molar-refractivity contribution in [1.82, 2.24) is 10.6 Å². The molecule has 0 saturated carbocycles. The van der Waals surface area contributed by atoms with Gasteiger partial charge in [-0.05, 0) is 97.9 Å². The number of carbonyl (C=O) groups excluding carboxylic acids is 1. The number of rotatable bonds is 13. The lowest BCUT2D eigenvalue weighted by atomic mass is 9.93. The lowest BCUT2D eigenvalue weighted by molar-refractivity contribution is 0.0954. The van der Waals surface area contributed by atoms with Crippen molar-refractivity contribution in [2.75, 3.05) is 13.1 Å². The van der Waals surface area contributed by atoms with Gasteiger partial charge in [0, 0.05) is 34.8 Å². The van der Waals surface area contributed by atoms with Crippen LogP contribution in [0.1, 0.15) is 73.3 Å². The van der Waals surface area contributed by atoms with Crippen molar-refractivity contribution < 1.29 is 19.4 Å². The number of hydrogen-bond acceptors (Lipinski definition) is 5. The van der Waals surface area contributed by atoms with Crippen molar-refractivity contribution in [3.63, 3.8) is 0 Å². The second-order valence-corrected chi connectivity index (χ2v) is 18.4. The molecule has 0 aromatic heterocycles. The highest BCUT2D eigenvalue weighted by Gasteiger charge is 2.39. The molecule has 0 unspecified atom stereocenters. The number of aliphatic hydroxyl groups is 1. The van der Waals surface area contributed by atoms with Crippen molar-refractivity contribution in [2.45, 2.75) is 83.8 Å². The zero-order valence-corrected chi connectivity index (χ0v) is 27.8. The largest absolute Gasteiger partial charge is 0.508 e. The molecule has 42 heavy (non-hydrogen) atoms. The van der Waals surface area contributed by atoms with Gasteiger partial charge in [0.05, 0.1) is 12.7 Å². The van der Waals surface area contributed by atoms with Crippen molar-refractivity contribution >= 4 is 25.8 Å². The van der Waals surface area contributed by atoms with Crippen LogP contribution in [0, 0.1) is 0 Å². The average molecular weight is 611 g/mol. The van der Waals surface area contributed by atoms with Crippen LogP contribution >= 0.6 is 11.6 Å². The maximum Gasteiger partial charge on any atom is 0.251 e.